The lowest BCUT2D eigenvalue weighted by molar-refractivity contribution is 1.16. The van der Waals surface area contributed by atoms with Crippen LogP contribution in [0.15, 0.2) is 72.9 Å². The fourth-order valence-electron chi connectivity index (χ4n) is 2.32. The predicted octanol–water partition coefficient (Wildman–Crippen LogP) is 4.06. The van der Waals surface area contributed by atoms with E-state index in [0.717, 1.165) is 0 Å². The minimum Gasteiger partial charge on any atom is -0.381 e. The van der Waals surface area contributed by atoms with Crippen molar-refractivity contribution in [3.8, 4) is 0 Å². The Morgan fingerprint density at radius 2 is 1.15 bits per heavy atom. The molecule has 0 aliphatic heterocycles. The molecule has 2 aromatic rings. The molecule has 0 saturated carbocycles. The highest BCUT2D eigenvalue weighted by Crippen LogP contribution is 2.26. The van der Waals surface area contributed by atoms with Gasteiger partial charge in [-0.25, -0.2) is 0 Å². The van der Waals surface area contributed by atoms with Gasteiger partial charge in [-0.15, -0.1) is 6.58 Å². The molecular weight excluding hydrogens is 260 g/mol. The number of hydrogen-bond acceptors (Lipinski definition) is 2. The first kappa shape index (κ1) is 14.4. The lowest BCUT2D eigenvalue weighted by Gasteiger charge is -2.43. The maximum Gasteiger partial charge on any atom is 0.286 e. The zero-order chi connectivity index (χ0) is 14.6. The van der Waals surface area contributed by atoms with Gasteiger partial charge in [-0.3, -0.25) is 0 Å². The first-order chi connectivity index (χ1) is 9.59. The van der Waals surface area contributed by atoms with Gasteiger partial charge in [-0.1, -0.05) is 42.1 Å². The van der Waals surface area contributed by atoms with Gasteiger partial charge in [0.05, 0.1) is 0 Å². The highest BCUT2D eigenvalue weighted by Gasteiger charge is 2.35. The Morgan fingerprint density at radius 3 is 1.45 bits per heavy atom. The maximum atomic E-state index is 4.10. The highest BCUT2D eigenvalue weighted by atomic mass is 28.3. The van der Waals surface area contributed by atoms with Crippen LogP contribution in [0.2, 0.25) is 6.55 Å². The molecule has 20 heavy (non-hydrogen) atoms. The number of anilines is 2. The van der Waals surface area contributed by atoms with Crippen LogP contribution in [0.1, 0.15) is 0 Å². The second-order valence-electron chi connectivity index (χ2n) is 5.09. The SMILES string of the molecule is C=C[Si](C)(N(C)c1ccccc1)N(C)c1ccccc1. The van der Waals surface area contributed by atoms with Gasteiger partial charge < -0.3 is 9.13 Å². The molecular formula is C17H22N2Si. The molecule has 0 aliphatic rings. The van der Waals surface area contributed by atoms with Crippen molar-refractivity contribution < 1.29 is 0 Å². The van der Waals surface area contributed by atoms with Crippen molar-refractivity contribution in [3.63, 3.8) is 0 Å². The lowest BCUT2D eigenvalue weighted by Crippen LogP contribution is -2.60. The van der Waals surface area contributed by atoms with Crippen molar-refractivity contribution in [3.05, 3.63) is 72.9 Å². The number of hydrogen-bond donors (Lipinski definition) is 0. The first-order valence-electron chi connectivity index (χ1n) is 6.81. The quantitative estimate of drug-likeness (QED) is 0.763. The third-order valence-corrected chi connectivity index (χ3v) is 8.04. The average Bonchev–Trinajstić information content (AvgIpc) is 2.54. The molecule has 0 amide bonds. The van der Waals surface area contributed by atoms with Crippen molar-refractivity contribution in [1.29, 1.82) is 0 Å². The maximum absolute atomic E-state index is 4.10. The number of para-hydroxylation sites is 2. The van der Waals surface area contributed by atoms with Crippen LogP contribution in [0.25, 0.3) is 0 Å². The van der Waals surface area contributed by atoms with Crippen LogP contribution in [0.4, 0.5) is 11.4 Å². The van der Waals surface area contributed by atoms with Crippen LogP contribution in [0.3, 0.4) is 0 Å². The summed E-state index contributed by atoms with van der Waals surface area (Å²) in [6.45, 7) is 6.41. The monoisotopic (exact) mass is 282 g/mol. The van der Waals surface area contributed by atoms with Crippen molar-refractivity contribution in [2.75, 3.05) is 23.2 Å². The van der Waals surface area contributed by atoms with E-state index in [0.29, 0.717) is 0 Å². The lowest BCUT2D eigenvalue weighted by atomic mass is 10.3. The first-order valence-corrected chi connectivity index (χ1v) is 9.28. The summed E-state index contributed by atoms with van der Waals surface area (Å²) in [7, 11) is 2.33. The van der Waals surface area contributed by atoms with Gasteiger partial charge in [-0.2, -0.15) is 0 Å². The Bertz CT molecular complexity index is 508. The molecule has 0 aromatic heterocycles. The van der Waals surface area contributed by atoms with Gasteiger partial charge >= 0.3 is 0 Å². The summed E-state index contributed by atoms with van der Waals surface area (Å²) < 4.78 is 4.74. The van der Waals surface area contributed by atoms with Crippen LogP contribution in [0, 0.1) is 0 Å². The Labute approximate surface area is 123 Å². The third-order valence-electron chi connectivity index (χ3n) is 4.03. The summed E-state index contributed by atoms with van der Waals surface area (Å²) in [5.41, 5.74) is 4.57. The van der Waals surface area contributed by atoms with Gasteiger partial charge in [0.25, 0.3) is 8.40 Å². The minimum absolute atomic E-state index is 1.23. The van der Waals surface area contributed by atoms with E-state index in [-0.39, 0.29) is 0 Å². The zero-order valence-corrected chi connectivity index (χ0v) is 13.5. The number of nitrogens with zero attached hydrogens (tertiary/aromatic N) is 2. The van der Waals surface area contributed by atoms with Crippen LogP contribution in [-0.4, -0.2) is 22.5 Å². The second kappa shape index (κ2) is 5.97. The van der Waals surface area contributed by atoms with E-state index in [1.807, 2.05) is 12.1 Å². The van der Waals surface area contributed by atoms with E-state index in [1.165, 1.54) is 11.4 Å². The molecule has 0 radical (unpaired) electrons. The molecule has 0 spiro atoms. The molecule has 2 aromatic carbocycles. The van der Waals surface area contributed by atoms with E-state index in [4.69, 9.17) is 0 Å². The van der Waals surface area contributed by atoms with Crippen LogP contribution in [0.5, 0.6) is 0 Å². The highest BCUT2D eigenvalue weighted by molar-refractivity contribution is 6.89. The minimum atomic E-state index is -1.98. The van der Waals surface area contributed by atoms with Crippen LogP contribution < -0.4 is 9.13 Å². The molecule has 104 valence electrons. The molecule has 0 fully saturated rings. The van der Waals surface area contributed by atoms with Gasteiger partial charge in [0.15, 0.2) is 0 Å². The van der Waals surface area contributed by atoms with Crippen molar-refractivity contribution in [2.45, 2.75) is 6.55 Å². The van der Waals surface area contributed by atoms with Gasteiger partial charge in [-0.05, 0) is 44.9 Å². The van der Waals surface area contributed by atoms with E-state index >= 15 is 0 Å². The van der Waals surface area contributed by atoms with Crippen molar-refractivity contribution in [1.82, 2.24) is 0 Å². The second-order valence-corrected chi connectivity index (χ2v) is 9.03. The summed E-state index contributed by atoms with van der Waals surface area (Å²) in [6.07, 6.45) is 0. The molecule has 0 N–H and O–H groups in total. The zero-order valence-electron chi connectivity index (χ0n) is 12.5. The van der Waals surface area contributed by atoms with Crippen molar-refractivity contribution in [2.24, 2.45) is 0 Å². The number of rotatable bonds is 5. The molecule has 0 unspecified atom stereocenters. The van der Waals surface area contributed by atoms with E-state index in [9.17, 15) is 0 Å². The Balaban J connectivity index is 2.36. The summed E-state index contributed by atoms with van der Waals surface area (Å²) in [5, 5.41) is 0. The Hall–Kier alpha value is -2.00. The van der Waals surface area contributed by atoms with Gasteiger partial charge in [0.1, 0.15) is 0 Å². The van der Waals surface area contributed by atoms with Crippen molar-refractivity contribution >= 4 is 19.8 Å². The van der Waals surface area contributed by atoms with Crippen LogP contribution >= 0.6 is 0 Å². The summed E-state index contributed by atoms with van der Waals surface area (Å²) in [4.78, 5) is 0. The molecule has 2 nitrogen and oxygen atoms in total. The Kier molecular flexibility index (Phi) is 4.30. The molecule has 2 rings (SSSR count). The van der Waals surface area contributed by atoms with Gasteiger partial charge in [0.2, 0.25) is 0 Å². The topological polar surface area (TPSA) is 6.48 Å². The molecule has 0 bridgehead atoms. The fraction of sp³-hybridized carbons (Fsp3) is 0.176. The Morgan fingerprint density at radius 1 is 0.800 bits per heavy atom. The summed E-state index contributed by atoms with van der Waals surface area (Å²) >= 11 is 0. The van der Waals surface area contributed by atoms with E-state index < -0.39 is 8.40 Å². The fourth-order valence-corrected chi connectivity index (χ4v) is 4.67. The van der Waals surface area contributed by atoms with Gasteiger partial charge in [0, 0.05) is 11.4 Å². The van der Waals surface area contributed by atoms with E-state index in [2.05, 4.69) is 90.6 Å². The molecule has 0 aliphatic carbocycles. The summed E-state index contributed by atoms with van der Waals surface area (Å²) in [5.74, 6) is 0. The van der Waals surface area contributed by atoms with Crippen LogP contribution in [-0.2, 0) is 0 Å². The smallest absolute Gasteiger partial charge is 0.286 e. The molecule has 0 heterocycles. The molecule has 0 atom stereocenters. The standard InChI is InChI=1S/C17H22N2Si/c1-5-20(4,18(2)16-12-8-6-9-13-16)19(3)17-14-10-7-11-15-17/h5-15H,1H2,2-4H3. The largest absolute Gasteiger partial charge is 0.381 e. The molecule has 3 heteroatoms. The average molecular weight is 282 g/mol. The molecule has 0 saturated heterocycles. The number of benzene rings is 2. The normalized spacial score (nSPS) is 10.9. The van der Waals surface area contributed by atoms with E-state index in [1.54, 1.807) is 0 Å². The predicted molar refractivity (Wildman–Crippen MR) is 91.5 cm³/mol. The summed E-state index contributed by atoms with van der Waals surface area (Å²) in [6, 6.07) is 21.0. The third kappa shape index (κ3) is 2.63.